The number of esters is 1. The van der Waals surface area contributed by atoms with Gasteiger partial charge in [-0.05, 0) is 56.7 Å². The number of hydrogen-bond donors (Lipinski definition) is 1. The summed E-state index contributed by atoms with van der Waals surface area (Å²) in [6, 6.07) is 15.2. The van der Waals surface area contributed by atoms with Crippen molar-refractivity contribution in [3.8, 4) is 16.9 Å². The monoisotopic (exact) mass is 433 g/mol. The lowest BCUT2D eigenvalue weighted by Crippen LogP contribution is -2.11. The first-order valence-electron chi connectivity index (χ1n) is 10.1. The van der Waals surface area contributed by atoms with Crippen molar-refractivity contribution in [2.75, 3.05) is 11.9 Å². The Morgan fingerprint density at radius 3 is 2.68 bits per heavy atom. The highest BCUT2D eigenvalue weighted by Gasteiger charge is 2.15. The van der Waals surface area contributed by atoms with E-state index in [1.54, 1.807) is 29.8 Å². The minimum atomic E-state index is -0.350. The van der Waals surface area contributed by atoms with E-state index < -0.39 is 0 Å². The van der Waals surface area contributed by atoms with E-state index in [4.69, 9.17) is 9.47 Å². The van der Waals surface area contributed by atoms with E-state index in [1.807, 2.05) is 57.2 Å². The quantitative estimate of drug-likeness (QED) is 0.357. The molecule has 7 heteroatoms. The zero-order chi connectivity index (χ0) is 21.8. The van der Waals surface area contributed by atoms with Crippen molar-refractivity contribution in [2.24, 2.45) is 0 Å². The number of fused-ring (bicyclic) bond motifs is 1. The van der Waals surface area contributed by atoms with Crippen molar-refractivity contribution in [3.05, 3.63) is 65.8 Å². The third-order valence-corrected chi connectivity index (χ3v) is 5.44. The molecule has 0 fully saturated rings. The van der Waals surface area contributed by atoms with Gasteiger partial charge in [0.2, 0.25) is 0 Å². The Morgan fingerprint density at radius 2 is 1.94 bits per heavy atom. The molecule has 0 unspecified atom stereocenters. The van der Waals surface area contributed by atoms with Crippen molar-refractivity contribution in [3.63, 3.8) is 0 Å². The van der Waals surface area contributed by atoms with Gasteiger partial charge in [-0.2, -0.15) is 0 Å². The molecular weight excluding hydrogens is 410 g/mol. The molecule has 2 aromatic heterocycles. The molecule has 4 rings (SSSR count). The van der Waals surface area contributed by atoms with Gasteiger partial charge in [-0.3, -0.25) is 0 Å². The summed E-state index contributed by atoms with van der Waals surface area (Å²) in [4.78, 5) is 22.0. The van der Waals surface area contributed by atoms with Crippen LogP contribution in [-0.2, 0) is 4.74 Å². The molecule has 0 aliphatic carbocycles. The molecule has 0 atom stereocenters. The second kappa shape index (κ2) is 9.14. The summed E-state index contributed by atoms with van der Waals surface area (Å²) in [7, 11) is 0. The second-order valence-corrected chi connectivity index (χ2v) is 8.03. The van der Waals surface area contributed by atoms with Crippen LogP contribution in [0.1, 0.15) is 31.1 Å². The van der Waals surface area contributed by atoms with E-state index in [0.717, 1.165) is 32.8 Å². The predicted octanol–water partition coefficient (Wildman–Crippen LogP) is 6.07. The number of benzene rings is 2. The number of ether oxygens (including phenoxy) is 2. The Morgan fingerprint density at radius 1 is 1.13 bits per heavy atom. The van der Waals surface area contributed by atoms with Gasteiger partial charge in [0.05, 0.1) is 23.7 Å². The van der Waals surface area contributed by atoms with Gasteiger partial charge in [-0.25, -0.2) is 14.8 Å². The maximum Gasteiger partial charge on any atom is 0.338 e. The molecule has 0 aliphatic heterocycles. The summed E-state index contributed by atoms with van der Waals surface area (Å²) < 4.78 is 10.9. The summed E-state index contributed by atoms with van der Waals surface area (Å²) in [6.45, 7) is 6.26. The van der Waals surface area contributed by atoms with Crippen LogP contribution >= 0.6 is 11.3 Å². The molecule has 0 saturated heterocycles. The summed E-state index contributed by atoms with van der Waals surface area (Å²) in [6.07, 6.45) is 1.37. The van der Waals surface area contributed by atoms with Gasteiger partial charge < -0.3 is 14.8 Å². The number of rotatable bonds is 7. The Labute approximate surface area is 184 Å². The number of aromatic nitrogens is 2. The van der Waals surface area contributed by atoms with E-state index in [0.29, 0.717) is 18.0 Å². The van der Waals surface area contributed by atoms with Gasteiger partial charge in [0.1, 0.15) is 22.7 Å². The number of thiophene rings is 1. The molecule has 158 valence electrons. The van der Waals surface area contributed by atoms with E-state index in [1.165, 1.54) is 0 Å². The van der Waals surface area contributed by atoms with Crippen molar-refractivity contribution in [2.45, 2.75) is 26.9 Å². The Balaban J connectivity index is 1.68. The fourth-order valence-electron chi connectivity index (χ4n) is 3.22. The third-order valence-electron chi connectivity index (χ3n) is 4.55. The number of hydrogen-bond acceptors (Lipinski definition) is 7. The first kappa shape index (κ1) is 20.8. The van der Waals surface area contributed by atoms with Gasteiger partial charge in [-0.15, -0.1) is 11.3 Å². The molecule has 4 aromatic rings. The van der Waals surface area contributed by atoms with E-state index in [2.05, 4.69) is 20.7 Å². The number of nitrogens with zero attached hydrogens (tertiary/aromatic N) is 2. The van der Waals surface area contributed by atoms with Crippen LogP contribution in [0, 0.1) is 0 Å². The predicted molar refractivity (Wildman–Crippen MR) is 124 cm³/mol. The minimum absolute atomic E-state index is 0.173. The van der Waals surface area contributed by atoms with Crippen molar-refractivity contribution < 1.29 is 14.3 Å². The first-order valence-corrected chi connectivity index (χ1v) is 11.0. The molecule has 0 amide bonds. The molecule has 0 aliphatic rings. The number of anilines is 2. The molecule has 6 nitrogen and oxygen atoms in total. The van der Waals surface area contributed by atoms with Gasteiger partial charge in [0, 0.05) is 16.6 Å². The molecule has 0 radical (unpaired) electrons. The van der Waals surface area contributed by atoms with Crippen LogP contribution in [0.4, 0.5) is 11.5 Å². The van der Waals surface area contributed by atoms with Crippen LogP contribution < -0.4 is 10.1 Å². The van der Waals surface area contributed by atoms with E-state index >= 15 is 0 Å². The average Bonchev–Trinajstić information content (AvgIpc) is 3.20. The smallest absolute Gasteiger partial charge is 0.338 e. The SMILES string of the molecule is CCOc1ccc(-c2csc3ncnc(Nc4cccc(C(=O)OC(C)C)c4)c23)cc1. The molecular formula is C24H23N3O3S. The molecule has 1 N–H and O–H groups in total. The second-order valence-electron chi connectivity index (χ2n) is 7.17. The lowest BCUT2D eigenvalue weighted by Gasteiger charge is -2.11. The molecule has 2 heterocycles. The zero-order valence-electron chi connectivity index (χ0n) is 17.6. The number of carbonyl (C=O) groups excluding carboxylic acids is 1. The highest BCUT2D eigenvalue weighted by Crippen LogP contribution is 2.38. The standard InChI is InChI=1S/C24H23N3O3S/c1-4-29-19-10-8-16(9-11-19)20-13-31-23-21(20)22(25-14-26-23)27-18-7-5-6-17(12-18)24(28)30-15(2)3/h5-15H,4H2,1-3H3,(H,25,26,27). The van der Waals surface area contributed by atoms with Crippen LogP contribution in [0.3, 0.4) is 0 Å². The molecule has 2 aromatic carbocycles. The maximum absolute atomic E-state index is 12.3. The van der Waals surface area contributed by atoms with E-state index in [9.17, 15) is 4.79 Å². The number of nitrogens with one attached hydrogen (secondary N) is 1. The van der Waals surface area contributed by atoms with Crippen molar-refractivity contribution >= 4 is 39.0 Å². The van der Waals surface area contributed by atoms with Gasteiger partial charge in [-0.1, -0.05) is 18.2 Å². The third kappa shape index (κ3) is 4.67. The number of carbonyl (C=O) groups is 1. The summed E-state index contributed by atoms with van der Waals surface area (Å²) in [5.41, 5.74) is 3.34. The average molecular weight is 434 g/mol. The summed E-state index contributed by atoms with van der Waals surface area (Å²) in [5.74, 6) is 1.17. The summed E-state index contributed by atoms with van der Waals surface area (Å²) in [5, 5.41) is 6.36. The maximum atomic E-state index is 12.3. The van der Waals surface area contributed by atoms with Gasteiger partial charge >= 0.3 is 5.97 Å². The van der Waals surface area contributed by atoms with Crippen LogP contribution in [0.15, 0.2) is 60.2 Å². The van der Waals surface area contributed by atoms with Crippen LogP contribution in [0.25, 0.3) is 21.3 Å². The fourth-order valence-corrected chi connectivity index (χ4v) is 4.14. The van der Waals surface area contributed by atoms with Crippen LogP contribution in [0.5, 0.6) is 5.75 Å². The van der Waals surface area contributed by atoms with Gasteiger partial charge in [0.25, 0.3) is 0 Å². The molecule has 0 saturated carbocycles. The molecule has 0 bridgehead atoms. The Bertz CT molecular complexity index is 1200. The van der Waals surface area contributed by atoms with Crippen LogP contribution in [-0.4, -0.2) is 28.6 Å². The summed E-state index contributed by atoms with van der Waals surface area (Å²) >= 11 is 1.57. The lowest BCUT2D eigenvalue weighted by atomic mass is 10.1. The first-order chi connectivity index (χ1) is 15.0. The normalized spacial score (nSPS) is 11.0. The van der Waals surface area contributed by atoms with E-state index in [-0.39, 0.29) is 12.1 Å². The topological polar surface area (TPSA) is 73.3 Å². The minimum Gasteiger partial charge on any atom is -0.494 e. The zero-order valence-corrected chi connectivity index (χ0v) is 18.4. The highest BCUT2D eigenvalue weighted by atomic mass is 32.1. The molecule has 0 spiro atoms. The Hall–Kier alpha value is -3.45. The van der Waals surface area contributed by atoms with Gasteiger partial charge in [0.15, 0.2) is 0 Å². The lowest BCUT2D eigenvalue weighted by molar-refractivity contribution is 0.0378. The Kier molecular flexibility index (Phi) is 6.13. The van der Waals surface area contributed by atoms with Crippen LogP contribution in [0.2, 0.25) is 0 Å². The van der Waals surface area contributed by atoms with Crippen molar-refractivity contribution in [1.82, 2.24) is 9.97 Å². The highest BCUT2D eigenvalue weighted by molar-refractivity contribution is 7.17. The fraction of sp³-hybridized carbons (Fsp3) is 0.208. The largest absolute Gasteiger partial charge is 0.494 e. The van der Waals surface area contributed by atoms with Crippen molar-refractivity contribution in [1.29, 1.82) is 0 Å². The molecule has 31 heavy (non-hydrogen) atoms.